The maximum Gasteiger partial charge on any atom is 0.149 e. The summed E-state index contributed by atoms with van der Waals surface area (Å²) >= 11 is 0. The van der Waals surface area contributed by atoms with Gasteiger partial charge in [0.1, 0.15) is 11.5 Å². The molecule has 0 amide bonds. The van der Waals surface area contributed by atoms with Crippen LogP contribution in [0.4, 0.5) is 0 Å². The molecule has 2 aromatic carbocycles. The minimum atomic E-state index is -0.809. The van der Waals surface area contributed by atoms with Gasteiger partial charge in [-0.2, -0.15) is 0 Å². The first kappa shape index (κ1) is 17.2. The number of rotatable bonds is 6. The van der Waals surface area contributed by atoms with Gasteiger partial charge in [-0.25, -0.2) is 0 Å². The van der Waals surface area contributed by atoms with Gasteiger partial charge in [0.2, 0.25) is 0 Å². The zero-order chi connectivity index (χ0) is 17.0. The van der Waals surface area contributed by atoms with Gasteiger partial charge in [-0.3, -0.25) is 4.79 Å². The maximum atomic E-state index is 11.6. The number of Topliss-reactive ketones (excluding diaryl/α,β-unsaturated/α-hetero) is 1. The Labute approximate surface area is 138 Å². The van der Waals surface area contributed by atoms with Crippen molar-refractivity contribution in [2.24, 2.45) is 5.73 Å². The van der Waals surface area contributed by atoms with E-state index in [0.717, 1.165) is 23.3 Å². The Morgan fingerprint density at radius 3 is 2.35 bits per heavy atom. The molecular formula is C20H25NO2. The van der Waals surface area contributed by atoms with Crippen LogP contribution in [-0.4, -0.2) is 18.4 Å². The van der Waals surface area contributed by atoms with E-state index in [0.29, 0.717) is 6.42 Å². The molecule has 0 fully saturated rings. The Morgan fingerprint density at radius 1 is 1.17 bits per heavy atom. The maximum absolute atomic E-state index is 11.6. The van der Waals surface area contributed by atoms with E-state index in [2.05, 4.69) is 31.2 Å². The molecule has 1 unspecified atom stereocenters. The van der Waals surface area contributed by atoms with E-state index in [9.17, 15) is 4.79 Å². The zero-order valence-corrected chi connectivity index (χ0v) is 14.3. The molecule has 0 radical (unpaired) electrons. The van der Waals surface area contributed by atoms with Gasteiger partial charge in [0, 0.05) is 0 Å². The van der Waals surface area contributed by atoms with Crippen LogP contribution >= 0.6 is 0 Å². The molecule has 0 saturated heterocycles. The molecule has 0 aliphatic carbocycles. The molecule has 2 N–H and O–H groups in total. The van der Waals surface area contributed by atoms with Crippen molar-refractivity contribution in [1.29, 1.82) is 0 Å². The zero-order valence-electron chi connectivity index (χ0n) is 14.3. The number of benzene rings is 2. The smallest absolute Gasteiger partial charge is 0.149 e. The van der Waals surface area contributed by atoms with Gasteiger partial charge in [-0.05, 0) is 61.1 Å². The Bertz CT molecular complexity index is 687. The van der Waals surface area contributed by atoms with Crippen molar-refractivity contribution in [1.82, 2.24) is 0 Å². The third kappa shape index (κ3) is 3.99. The van der Waals surface area contributed by atoms with Gasteiger partial charge < -0.3 is 10.5 Å². The van der Waals surface area contributed by atoms with Crippen LogP contribution in [0.15, 0.2) is 42.5 Å². The number of hydrogen-bond acceptors (Lipinski definition) is 3. The van der Waals surface area contributed by atoms with E-state index in [1.165, 1.54) is 11.1 Å². The van der Waals surface area contributed by atoms with Crippen LogP contribution < -0.4 is 10.5 Å². The average molecular weight is 311 g/mol. The van der Waals surface area contributed by atoms with Crippen molar-refractivity contribution >= 4 is 5.78 Å². The molecule has 0 spiro atoms. The van der Waals surface area contributed by atoms with E-state index < -0.39 is 5.54 Å². The van der Waals surface area contributed by atoms with E-state index in [1.807, 2.05) is 18.2 Å². The molecule has 0 heterocycles. The highest BCUT2D eigenvalue weighted by molar-refractivity contribution is 5.85. The predicted octanol–water partition coefficient (Wildman–Crippen LogP) is 3.77. The van der Waals surface area contributed by atoms with Gasteiger partial charge >= 0.3 is 0 Å². The summed E-state index contributed by atoms with van der Waals surface area (Å²) in [5.74, 6) is 0.882. The molecular weight excluding hydrogens is 286 g/mol. The largest absolute Gasteiger partial charge is 0.497 e. The second kappa shape index (κ2) is 6.97. The van der Waals surface area contributed by atoms with Crippen molar-refractivity contribution in [2.45, 2.75) is 39.2 Å². The Hall–Kier alpha value is -2.13. The minimum absolute atomic E-state index is 0.00463. The SMILES string of the molecule is CCc1cc(OC)ccc1-c1ccc(CC(C)(N)C(C)=O)cc1. The van der Waals surface area contributed by atoms with Crippen LogP contribution in [0.1, 0.15) is 31.9 Å². The lowest BCUT2D eigenvalue weighted by Crippen LogP contribution is -2.45. The fourth-order valence-electron chi connectivity index (χ4n) is 2.62. The highest BCUT2D eigenvalue weighted by Crippen LogP contribution is 2.28. The van der Waals surface area contributed by atoms with Gasteiger partial charge in [-0.1, -0.05) is 37.3 Å². The van der Waals surface area contributed by atoms with Crippen LogP contribution in [0.2, 0.25) is 0 Å². The van der Waals surface area contributed by atoms with E-state index in [1.54, 1.807) is 21.0 Å². The second-order valence-corrected chi connectivity index (χ2v) is 6.22. The number of ketones is 1. The Morgan fingerprint density at radius 2 is 1.83 bits per heavy atom. The first-order valence-electron chi connectivity index (χ1n) is 7.93. The molecule has 2 aromatic rings. The number of ether oxygens (including phenoxy) is 1. The van der Waals surface area contributed by atoms with Crippen LogP contribution in [0.5, 0.6) is 5.75 Å². The molecule has 2 rings (SSSR count). The fraction of sp³-hybridized carbons (Fsp3) is 0.350. The third-order valence-corrected chi connectivity index (χ3v) is 4.33. The number of carbonyl (C=O) groups excluding carboxylic acids is 1. The monoisotopic (exact) mass is 311 g/mol. The van der Waals surface area contributed by atoms with Crippen LogP contribution in [0, 0.1) is 0 Å². The minimum Gasteiger partial charge on any atom is -0.497 e. The van der Waals surface area contributed by atoms with Crippen molar-refractivity contribution < 1.29 is 9.53 Å². The first-order chi connectivity index (χ1) is 10.9. The fourth-order valence-corrected chi connectivity index (χ4v) is 2.62. The van der Waals surface area contributed by atoms with Gasteiger partial charge in [0.15, 0.2) is 0 Å². The average Bonchev–Trinajstić information content (AvgIpc) is 2.54. The highest BCUT2D eigenvalue weighted by Gasteiger charge is 2.24. The summed E-state index contributed by atoms with van der Waals surface area (Å²) in [7, 11) is 1.68. The molecule has 0 bridgehead atoms. The number of methoxy groups -OCH3 is 1. The highest BCUT2D eigenvalue weighted by atomic mass is 16.5. The van der Waals surface area contributed by atoms with E-state index >= 15 is 0 Å². The quantitative estimate of drug-likeness (QED) is 0.883. The predicted molar refractivity (Wildman–Crippen MR) is 94.8 cm³/mol. The molecule has 0 aliphatic heterocycles. The van der Waals surface area contributed by atoms with Gasteiger partial charge in [0.05, 0.1) is 12.6 Å². The molecule has 0 aliphatic rings. The lowest BCUT2D eigenvalue weighted by molar-refractivity contribution is -0.121. The number of hydrogen-bond donors (Lipinski definition) is 1. The van der Waals surface area contributed by atoms with E-state index in [4.69, 9.17) is 10.5 Å². The van der Waals surface area contributed by atoms with Crippen LogP contribution in [0.3, 0.4) is 0 Å². The third-order valence-electron chi connectivity index (χ3n) is 4.33. The molecule has 0 saturated carbocycles. The van der Waals surface area contributed by atoms with E-state index in [-0.39, 0.29) is 5.78 Å². The standard InChI is InChI=1S/C20H25NO2/c1-5-16-12-18(23-4)10-11-19(16)17-8-6-15(7-9-17)13-20(3,21)14(2)22/h6-12H,5,13,21H2,1-4H3. The van der Waals surface area contributed by atoms with Crippen molar-refractivity contribution in [3.05, 3.63) is 53.6 Å². The van der Waals surface area contributed by atoms with Crippen molar-refractivity contribution in [2.75, 3.05) is 7.11 Å². The summed E-state index contributed by atoms with van der Waals surface area (Å²) < 4.78 is 5.30. The molecule has 23 heavy (non-hydrogen) atoms. The summed E-state index contributed by atoms with van der Waals surface area (Å²) in [6, 6.07) is 14.4. The summed E-state index contributed by atoms with van der Waals surface area (Å²) in [6.45, 7) is 5.46. The molecule has 1 atom stereocenters. The molecule has 122 valence electrons. The topological polar surface area (TPSA) is 52.3 Å². The summed E-state index contributed by atoms with van der Waals surface area (Å²) in [6.07, 6.45) is 1.49. The number of aryl methyl sites for hydroxylation is 1. The van der Waals surface area contributed by atoms with Crippen LogP contribution in [-0.2, 0) is 17.6 Å². The molecule has 0 aromatic heterocycles. The second-order valence-electron chi connectivity index (χ2n) is 6.22. The summed E-state index contributed by atoms with van der Waals surface area (Å²) in [4.78, 5) is 11.6. The van der Waals surface area contributed by atoms with Crippen molar-refractivity contribution in [3.63, 3.8) is 0 Å². The van der Waals surface area contributed by atoms with Gasteiger partial charge in [-0.15, -0.1) is 0 Å². The Balaban J connectivity index is 2.28. The number of carbonyl (C=O) groups is 1. The lowest BCUT2D eigenvalue weighted by Gasteiger charge is -2.21. The Kier molecular flexibility index (Phi) is 5.22. The summed E-state index contributed by atoms with van der Waals surface area (Å²) in [5, 5.41) is 0. The van der Waals surface area contributed by atoms with Crippen molar-refractivity contribution in [3.8, 4) is 16.9 Å². The van der Waals surface area contributed by atoms with Crippen LogP contribution in [0.25, 0.3) is 11.1 Å². The van der Waals surface area contributed by atoms with Gasteiger partial charge in [0.25, 0.3) is 0 Å². The molecule has 3 heteroatoms. The molecule has 3 nitrogen and oxygen atoms in total. The normalized spacial score (nSPS) is 13.4. The summed E-state index contributed by atoms with van der Waals surface area (Å²) in [5.41, 5.74) is 9.94. The lowest BCUT2D eigenvalue weighted by atomic mass is 9.89. The number of nitrogens with two attached hydrogens (primary N) is 1. The first-order valence-corrected chi connectivity index (χ1v) is 7.93.